The van der Waals surface area contributed by atoms with Crippen LogP contribution in [0, 0.1) is 0 Å². The Kier molecular flexibility index (Phi) is 3.28. The van der Waals surface area contributed by atoms with Gasteiger partial charge in [0.15, 0.2) is 18.1 Å². The van der Waals surface area contributed by atoms with Gasteiger partial charge in [-0.25, -0.2) is 0 Å². The number of hydrogen-bond donors (Lipinski definition) is 0. The summed E-state index contributed by atoms with van der Waals surface area (Å²) in [4.78, 5) is 0. The summed E-state index contributed by atoms with van der Waals surface area (Å²) in [5.41, 5.74) is 0. The number of hydrogen-bond acceptors (Lipinski definition) is 2. The fourth-order valence-electron chi connectivity index (χ4n) is 1.01. The van der Waals surface area contributed by atoms with Crippen LogP contribution in [0.3, 0.4) is 0 Å². The lowest BCUT2D eigenvalue weighted by Crippen LogP contribution is -2.35. The number of benzene rings is 1. The number of halogens is 2. The lowest BCUT2D eigenvalue weighted by atomic mass is 10.3. The molecule has 0 amide bonds. The Bertz CT molecular complexity index is 300. The van der Waals surface area contributed by atoms with Gasteiger partial charge in [-0.3, -0.25) is 0 Å². The van der Waals surface area contributed by atoms with Crippen molar-refractivity contribution >= 4 is 0 Å². The Hall–Kier alpha value is -1.32. The van der Waals surface area contributed by atoms with Crippen molar-refractivity contribution in [1.29, 1.82) is 0 Å². The second-order valence-corrected chi connectivity index (χ2v) is 2.47. The van der Waals surface area contributed by atoms with Gasteiger partial charge in [0.05, 0.1) is 0 Å². The molecule has 0 aromatic heterocycles. The zero-order valence-electron chi connectivity index (χ0n) is 8.09. The van der Waals surface area contributed by atoms with Crippen LogP contribution < -0.4 is 9.47 Å². The lowest BCUT2D eigenvalue weighted by Gasteiger charge is -2.25. The van der Waals surface area contributed by atoms with Crippen molar-refractivity contribution in [2.24, 2.45) is 0 Å². The van der Waals surface area contributed by atoms with Crippen molar-refractivity contribution in [3.63, 3.8) is 0 Å². The predicted octanol–water partition coefficient (Wildman–Crippen LogP) is 3.08. The summed E-state index contributed by atoms with van der Waals surface area (Å²) >= 11 is 0. The van der Waals surface area contributed by atoms with Crippen LogP contribution in [0.4, 0.5) is 8.78 Å². The lowest BCUT2D eigenvalue weighted by molar-refractivity contribution is -0.208. The van der Waals surface area contributed by atoms with E-state index in [0.717, 1.165) is 0 Å². The van der Waals surface area contributed by atoms with Gasteiger partial charge < -0.3 is 9.47 Å². The molecule has 0 saturated heterocycles. The van der Waals surface area contributed by atoms with Crippen LogP contribution in [0.1, 0.15) is 13.8 Å². The van der Waals surface area contributed by atoms with Gasteiger partial charge in [0, 0.05) is 0 Å². The normalized spacial score (nSPS) is 16.6. The van der Waals surface area contributed by atoms with Gasteiger partial charge in [-0.2, -0.15) is 8.78 Å². The highest BCUT2D eigenvalue weighted by molar-refractivity contribution is 5.40. The van der Waals surface area contributed by atoms with Crippen molar-refractivity contribution in [2.75, 3.05) is 6.61 Å². The Balaban J connectivity index is 0.000000461. The molecule has 0 spiro atoms. The predicted molar refractivity (Wildman–Crippen MR) is 48.9 cm³/mol. The maximum absolute atomic E-state index is 12.5. The van der Waals surface area contributed by atoms with E-state index in [1.54, 1.807) is 18.2 Å². The van der Waals surface area contributed by atoms with Gasteiger partial charge in [-0.1, -0.05) is 26.0 Å². The summed E-state index contributed by atoms with van der Waals surface area (Å²) in [6, 6.07) is 6.35. The average Bonchev–Trinajstić information content (AvgIpc) is 2.19. The van der Waals surface area contributed by atoms with Crippen LogP contribution in [0.2, 0.25) is 0 Å². The summed E-state index contributed by atoms with van der Waals surface area (Å²) in [6.07, 6.45) is -3.20. The number of para-hydroxylation sites is 2. The Morgan fingerprint density at radius 3 is 2.36 bits per heavy atom. The molecular formula is C10H12F2O2. The molecule has 4 heteroatoms. The summed E-state index contributed by atoms with van der Waals surface area (Å²) in [5, 5.41) is 0. The third-order valence-corrected chi connectivity index (χ3v) is 1.50. The number of rotatable bonds is 0. The number of alkyl halides is 2. The second kappa shape index (κ2) is 4.26. The van der Waals surface area contributed by atoms with E-state index in [-0.39, 0.29) is 5.75 Å². The SMILES string of the molecule is CC.FC1(F)COc2ccccc2O1. The van der Waals surface area contributed by atoms with Gasteiger partial charge in [0.2, 0.25) is 0 Å². The molecule has 0 radical (unpaired) electrons. The van der Waals surface area contributed by atoms with Crippen molar-refractivity contribution in [2.45, 2.75) is 20.0 Å². The highest BCUT2D eigenvalue weighted by atomic mass is 19.3. The van der Waals surface area contributed by atoms with Gasteiger partial charge >= 0.3 is 6.11 Å². The van der Waals surface area contributed by atoms with E-state index >= 15 is 0 Å². The van der Waals surface area contributed by atoms with Gasteiger partial charge in [0.25, 0.3) is 0 Å². The van der Waals surface area contributed by atoms with Gasteiger partial charge in [-0.15, -0.1) is 0 Å². The molecule has 1 aromatic carbocycles. The highest BCUT2D eigenvalue weighted by Crippen LogP contribution is 2.35. The fourth-order valence-corrected chi connectivity index (χ4v) is 1.01. The first-order chi connectivity index (χ1) is 6.67. The zero-order chi connectivity index (χ0) is 10.6. The molecule has 78 valence electrons. The number of ether oxygens (including phenoxy) is 2. The quantitative estimate of drug-likeness (QED) is 0.643. The molecule has 0 aliphatic carbocycles. The van der Waals surface area contributed by atoms with E-state index < -0.39 is 12.7 Å². The summed E-state index contributed by atoms with van der Waals surface area (Å²) < 4.78 is 34.2. The van der Waals surface area contributed by atoms with Crippen LogP contribution in [-0.2, 0) is 0 Å². The zero-order valence-corrected chi connectivity index (χ0v) is 8.09. The molecular weight excluding hydrogens is 190 g/mol. The Labute approximate surface area is 81.4 Å². The van der Waals surface area contributed by atoms with Crippen LogP contribution in [0.15, 0.2) is 24.3 Å². The minimum atomic E-state index is -3.20. The molecule has 14 heavy (non-hydrogen) atoms. The van der Waals surface area contributed by atoms with Gasteiger partial charge in [-0.05, 0) is 12.1 Å². The van der Waals surface area contributed by atoms with Crippen molar-refractivity contribution in [1.82, 2.24) is 0 Å². The standard InChI is InChI=1S/C8H6F2O2.C2H6/c9-8(10)5-11-6-3-1-2-4-7(6)12-8;1-2/h1-4H,5H2;1-2H3. The molecule has 0 bridgehead atoms. The first-order valence-electron chi connectivity index (χ1n) is 4.46. The molecule has 1 aromatic rings. The van der Waals surface area contributed by atoms with Crippen LogP contribution in [0.25, 0.3) is 0 Å². The molecule has 1 heterocycles. The van der Waals surface area contributed by atoms with Gasteiger partial charge in [0.1, 0.15) is 0 Å². The third kappa shape index (κ3) is 2.34. The minimum Gasteiger partial charge on any atom is -0.479 e. The molecule has 2 nitrogen and oxygen atoms in total. The Morgan fingerprint density at radius 2 is 1.71 bits per heavy atom. The van der Waals surface area contributed by atoms with E-state index in [1.165, 1.54) is 6.07 Å². The fraction of sp³-hybridized carbons (Fsp3) is 0.400. The summed E-state index contributed by atoms with van der Waals surface area (Å²) in [6.45, 7) is 3.28. The monoisotopic (exact) mass is 202 g/mol. The molecule has 0 saturated carbocycles. The molecule has 1 aliphatic rings. The molecule has 2 rings (SSSR count). The highest BCUT2D eigenvalue weighted by Gasteiger charge is 2.37. The van der Waals surface area contributed by atoms with E-state index in [9.17, 15) is 8.78 Å². The minimum absolute atomic E-state index is 0.0914. The molecule has 1 aliphatic heterocycles. The Morgan fingerprint density at radius 1 is 1.14 bits per heavy atom. The summed E-state index contributed by atoms with van der Waals surface area (Å²) in [7, 11) is 0. The van der Waals surface area contributed by atoms with Crippen LogP contribution in [0.5, 0.6) is 11.5 Å². The van der Waals surface area contributed by atoms with Crippen molar-refractivity contribution in [3.8, 4) is 11.5 Å². The maximum atomic E-state index is 12.5. The number of fused-ring (bicyclic) bond motifs is 1. The average molecular weight is 202 g/mol. The smallest absolute Gasteiger partial charge is 0.433 e. The molecule has 0 N–H and O–H groups in total. The summed E-state index contributed by atoms with van der Waals surface area (Å²) in [5.74, 6) is 0.456. The first-order valence-corrected chi connectivity index (χ1v) is 4.46. The molecule has 0 fully saturated rings. The first kappa shape index (κ1) is 10.8. The van der Waals surface area contributed by atoms with Crippen molar-refractivity contribution in [3.05, 3.63) is 24.3 Å². The van der Waals surface area contributed by atoms with E-state index in [2.05, 4.69) is 4.74 Å². The molecule has 0 unspecified atom stereocenters. The van der Waals surface area contributed by atoms with Crippen LogP contribution in [-0.4, -0.2) is 12.7 Å². The maximum Gasteiger partial charge on any atom is 0.433 e. The van der Waals surface area contributed by atoms with E-state index in [0.29, 0.717) is 5.75 Å². The topological polar surface area (TPSA) is 18.5 Å². The van der Waals surface area contributed by atoms with E-state index in [4.69, 9.17) is 4.74 Å². The largest absolute Gasteiger partial charge is 0.479 e. The second-order valence-electron chi connectivity index (χ2n) is 2.47. The van der Waals surface area contributed by atoms with E-state index in [1.807, 2.05) is 13.8 Å². The van der Waals surface area contributed by atoms with Crippen LogP contribution >= 0.6 is 0 Å². The third-order valence-electron chi connectivity index (χ3n) is 1.50. The van der Waals surface area contributed by atoms with Crippen molar-refractivity contribution < 1.29 is 18.3 Å². The molecule has 0 atom stereocenters.